The molecule has 3 saturated heterocycles. The number of carbonyl (C=O) groups excluding carboxylic acids is 1. The number of ether oxygens (including phenoxy) is 1. The molecule has 0 bridgehead atoms. The Morgan fingerprint density at radius 1 is 1.15 bits per heavy atom. The minimum Gasteiger partial charge on any atom is -0.378 e. The highest BCUT2D eigenvalue weighted by molar-refractivity contribution is 5.77. The SMILES string of the molecule is O=C(CC1CCCCO1)N1CCC(N2CCNCC2)C1. The van der Waals surface area contributed by atoms with Gasteiger partial charge in [-0.25, -0.2) is 0 Å². The van der Waals surface area contributed by atoms with Gasteiger partial charge in [0.15, 0.2) is 0 Å². The van der Waals surface area contributed by atoms with Gasteiger partial charge in [-0.15, -0.1) is 0 Å². The Morgan fingerprint density at radius 2 is 2.00 bits per heavy atom. The first-order valence-electron chi connectivity index (χ1n) is 8.17. The van der Waals surface area contributed by atoms with E-state index in [1.165, 1.54) is 6.42 Å². The van der Waals surface area contributed by atoms with Crippen LogP contribution in [0.25, 0.3) is 0 Å². The molecule has 0 spiro atoms. The average Bonchev–Trinajstić information content (AvgIpc) is 2.99. The van der Waals surface area contributed by atoms with Crippen molar-refractivity contribution in [2.45, 2.75) is 44.2 Å². The Balaban J connectivity index is 1.45. The number of hydrogen-bond donors (Lipinski definition) is 1. The highest BCUT2D eigenvalue weighted by Crippen LogP contribution is 2.20. The van der Waals surface area contributed by atoms with Gasteiger partial charge in [-0.1, -0.05) is 0 Å². The van der Waals surface area contributed by atoms with Crippen molar-refractivity contribution in [2.24, 2.45) is 0 Å². The predicted molar refractivity (Wildman–Crippen MR) is 77.6 cm³/mol. The zero-order valence-corrected chi connectivity index (χ0v) is 12.4. The van der Waals surface area contributed by atoms with Crippen LogP contribution >= 0.6 is 0 Å². The fourth-order valence-electron chi connectivity index (χ4n) is 3.61. The van der Waals surface area contributed by atoms with Crippen molar-refractivity contribution in [3.8, 4) is 0 Å². The molecule has 3 aliphatic heterocycles. The van der Waals surface area contributed by atoms with E-state index in [2.05, 4.69) is 15.1 Å². The van der Waals surface area contributed by atoms with E-state index in [-0.39, 0.29) is 6.10 Å². The van der Waals surface area contributed by atoms with Crippen LogP contribution in [0.5, 0.6) is 0 Å². The number of nitrogens with zero attached hydrogens (tertiary/aromatic N) is 2. The highest BCUT2D eigenvalue weighted by Gasteiger charge is 2.31. The lowest BCUT2D eigenvalue weighted by molar-refractivity contribution is -0.134. The standard InChI is InChI=1S/C15H27N3O2/c19-15(11-14-3-1-2-10-20-14)18-7-4-13(12-18)17-8-5-16-6-9-17/h13-14,16H,1-12H2. The lowest BCUT2D eigenvalue weighted by atomic mass is 10.1. The number of rotatable bonds is 3. The topological polar surface area (TPSA) is 44.8 Å². The van der Waals surface area contributed by atoms with Crippen LogP contribution in [0.1, 0.15) is 32.1 Å². The fraction of sp³-hybridized carbons (Fsp3) is 0.933. The van der Waals surface area contributed by atoms with Gasteiger partial charge in [0.05, 0.1) is 12.5 Å². The summed E-state index contributed by atoms with van der Waals surface area (Å²) in [5.41, 5.74) is 0. The summed E-state index contributed by atoms with van der Waals surface area (Å²) in [6.07, 6.45) is 5.32. The summed E-state index contributed by atoms with van der Waals surface area (Å²) < 4.78 is 5.69. The molecule has 3 rings (SSSR count). The number of amides is 1. The van der Waals surface area contributed by atoms with E-state index in [0.29, 0.717) is 18.4 Å². The fourth-order valence-corrected chi connectivity index (χ4v) is 3.61. The third kappa shape index (κ3) is 3.51. The number of carbonyl (C=O) groups is 1. The third-order valence-corrected chi connectivity index (χ3v) is 4.86. The van der Waals surface area contributed by atoms with E-state index >= 15 is 0 Å². The van der Waals surface area contributed by atoms with Gasteiger partial charge < -0.3 is 15.0 Å². The number of nitrogens with one attached hydrogen (secondary N) is 1. The Morgan fingerprint density at radius 3 is 2.75 bits per heavy atom. The van der Waals surface area contributed by atoms with Crippen LogP contribution in [-0.2, 0) is 9.53 Å². The van der Waals surface area contributed by atoms with E-state index in [1.54, 1.807) is 0 Å². The van der Waals surface area contributed by atoms with Crippen LogP contribution in [0.15, 0.2) is 0 Å². The van der Waals surface area contributed by atoms with Crippen LogP contribution in [0.2, 0.25) is 0 Å². The Kier molecular flexibility index (Phi) is 4.91. The van der Waals surface area contributed by atoms with E-state index in [1.807, 2.05) is 0 Å². The van der Waals surface area contributed by atoms with Crippen molar-refractivity contribution in [2.75, 3.05) is 45.9 Å². The lowest BCUT2D eigenvalue weighted by Crippen LogP contribution is -2.49. The number of likely N-dealkylation sites (tertiary alicyclic amines) is 1. The summed E-state index contributed by atoms with van der Waals surface area (Å²) in [5, 5.41) is 3.39. The summed E-state index contributed by atoms with van der Waals surface area (Å²) in [6, 6.07) is 0.577. The van der Waals surface area contributed by atoms with Gasteiger partial charge in [0.2, 0.25) is 5.91 Å². The Bertz CT molecular complexity index is 325. The van der Waals surface area contributed by atoms with Gasteiger partial charge in [-0.2, -0.15) is 0 Å². The predicted octanol–water partition coefficient (Wildman–Crippen LogP) is 0.452. The molecule has 3 fully saturated rings. The number of hydrogen-bond acceptors (Lipinski definition) is 4. The smallest absolute Gasteiger partial charge is 0.225 e. The maximum Gasteiger partial charge on any atom is 0.225 e. The summed E-state index contributed by atoms with van der Waals surface area (Å²) in [4.78, 5) is 17.0. The number of piperazine rings is 1. The maximum absolute atomic E-state index is 12.4. The van der Waals surface area contributed by atoms with Gasteiger partial charge in [0.1, 0.15) is 0 Å². The first-order valence-corrected chi connectivity index (χ1v) is 8.17. The van der Waals surface area contributed by atoms with Crippen molar-refractivity contribution in [1.29, 1.82) is 0 Å². The van der Waals surface area contributed by atoms with E-state index < -0.39 is 0 Å². The van der Waals surface area contributed by atoms with Gasteiger partial charge in [0.25, 0.3) is 0 Å². The normalized spacial score (nSPS) is 32.5. The zero-order chi connectivity index (χ0) is 13.8. The average molecular weight is 281 g/mol. The van der Waals surface area contributed by atoms with E-state index in [4.69, 9.17) is 4.74 Å². The zero-order valence-electron chi connectivity index (χ0n) is 12.4. The Labute approximate surface area is 121 Å². The van der Waals surface area contributed by atoms with Gasteiger partial charge in [0, 0.05) is 51.9 Å². The molecule has 0 aromatic carbocycles. The second-order valence-electron chi connectivity index (χ2n) is 6.26. The first-order chi connectivity index (χ1) is 9.83. The van der Waals surface area contributed by atoms with Crippen LogP contribution in [0, 0.1) is 0 Å². The van der Waals surface area contributed by atoms with E-state index in [9.17, 15) is 4.79 Å². The molecule has 2 unspecified atom stereocenters. The van der Waals surface area contributed by atoms with Crippen LogP contribution < -0.4 is 5.32 Å². The molecule has 0 aromatic rings. The molecule has 0 aliphatic carbocycles. The molecular formula is C15H27N3O2. The molecule has 1 N–H and O–H groups in total. The summed E-state index contributed by atoms with van der Waals surface area (Å²) in [7, 11) is 0. The van der Waals surface area contributed by atoms with Crippen molar-refractivity contribution in [3.05, 3.63) is 0 Å². The summed E-state index contributed by atoms with van der Waals surface area (Å²) >= 11 is 0. The summed E-state index contributed by atoms with van der Waals surface area (Å²) in [6.45, 7) is 7.10. The minimum absolute atomic E-state index is 0.175. The monoisotopic (exact) mass is 281 g/mol. The van der Waals surface area contributed by atoms with Crippen LogP contribution in [0.4, 0.5) is 0 Å². The minimum atomic E-state index is 0.175. The molecule has 0 aromatic heterocycles. The van der Waals surface area contributed by atoms with Crippen molar-refractivity contribution < 1.29 is 9.53 Å². The third-order valence-electron chi connectivity index (χ3n) is 4.86. The molecule has 0 radical (unpaired) electrons. The van der Waals surface area contributed by atoms with E-state index in [0.717, 1.165) is 65.1 Å². The molecule has 114 valence electrons. The maximum atomic E-state index is 12.4. The van der Waals surface area contributed by atoms with Crippen LogP contribution in [-0.4, -0.2) is 73.7 Å². The highest BCUT2D eigenvalue weighted by atomic mass is 16.5. The summed E-state index contributed by atoms with van der Waals surface area (Å²) in [5.74, 6) is 0.300. The second kappa shape index (κ2) is 6.87. The lowest BCUT2D eigenvalue weighted by Gasteiger charge is -2.32. The van der Waals surface area contributed by atoms with Gasteiger partial charge >= 0.3 is 0 Å². The van der Waals surface area contributed by atoms with Crippen molar-refractivity contribution >= 4 is 5.91 Å². The van der Waals surface area contributed by atoms with Crippen LogP contribution in [0.3, 0.4) is 0 Å². The molecule has 2 atom stereocenters. The molecule has 0 saturated carbocycles. The Hall–Kier alpha value is -0.650. The quantitative estimate of drug-likeness (QED) is 0.816. The molecule has 1 amide bonds. The van der Waals surface area contributed by atoms with Gasteiger partial charge in [-0.3, -0.25) is 9.69 Å². The molecular weight excluding hydrogens is 254 g/mol. The van der Waals surface area contributed by atoms with Gasteiger partial charge in [-0.05, 0) is 25.7 Å². The molecule has 20 heavy (non-hydrogen) atoms. The first kappa shape index (κ1) is 14.3. The van der Waals surface area contributed by atoms with Crippen molar-refractivity contribution in [3.63, 3.8) is 0 Å². The molecule has 3 aliphatic rings. The molecule has 5 nitrogen and oxygen atoms in total. The second-order valence-corrected chi connectivity index (χ2v) is 6.26. The largest absolute Gasteiger partial charge is 0.378 e. The molecule has 3 heterocycles. The van der Waals surface area contributed by atoms with Crippen molar-refractivity contribution in [1.82, 2.24) is 15.1 Å². The molecule has 5 heteroatoms.